The second kappa shape index (κ2) is 4.58. The third kappa shape index (κ3) is 2.26. The van der Waals surface area contributed by atoms with Gasteiger partial charge in [-0.2, -0.15) is 0 Å². The molecule has 1 aromatic carbocycles. The number of unbranched alkanes of at least 4 members (excludes halogenated alkanes) is 1. The number of hydrogen-bond donors (Lipinski definition) is 0. The van der Waals surface area contributed by atoms with Crippen LogP contribution in [0, 0.1) is 0 Å². The smallest absolute Gasteiger partial charge is 0.151 e. The molecule has 0 fully saturated rings. The van der Waals surface area contributed by atoms with Crippen LogP contribution in [0.1, 0.15) is 25.5 Å². The van der Waals surface area contributed by atoms with Crippen LogP contribution in [0.15, 0.2) is 24.3 Å². The van der Waals surface area contributed by atoms with Gasteiger partial charge in [0.05, 0.1) is 16.7 Å². The number of aryl methyl sites for hydroxylation is 1. The highest BCUT2D eigenvalue weighted by molar-refractivity contribution is 6.30. The Bertz CT molecular complexity index is 468. The number of rotatable bonds is 3. The summed E-state index contributed by atoms with van der Waals surface area (Å²) in [5.41, 5.74) is 2.70. The van der Waals surface area contributed by atoms with E-state index in [4.69, 9.17) is 11.6 Å². The van der Waals surface area contributed by atoms with Crippen LogP contribution in [0.4, 0.5) is 0 Å². The Morgan fingerprint density at radius 3 is 2.47 bits per heavy atom. The normalized spacial score (nSPS) is 10.8. The minimum Gasteiger partial charge on any atom is -0.248 e. The summed E-state index contributed by atoms with van der Waals surface area (Å²) in [6.07, 6.45) is 3.16. The first-order valence-corrected chi connectivity index (χ1v) is 5.60. The zero-order valence-electron chi connectivity index (χ0n) is 8.70. The van der Waals surface area contributed by atoms with E-state index in [2.05, 4.69) is 16.9 Å². The van der Waals surface area contributed by atoms with Gasteiger partial charge in [0.1, 0.15) is 0 Å². The molecule has 0 atom stereocenters. The molecule has 0 aliphatic carbocycles. The van der Waals surface area contributed by atoms with E-state index in [1.165, 1.54) is 0 Å². The molecule has 2 rings (SSSR count). The van der Waals surface area contributed by atoms with Crippen molar-refractivity contribution in [2.45, 2.75) is 26.2 Å². The first-order chi connectivity index (χ1) is 7.31. The van der Waals surface area contributed by atoms with Gasteiger partial charge in [-0.15, -0.1) is 0 Å². The van der Waals surface area contributed by atoms with Crippen LogP contribution < -0.4 is 0 Å². The number of hydrogen-bond acceptors (Lipinski definition) is 2. The SMILES string of the molecule is CCCCc1nc2ccccc2nc1Cl. The fraction of sp³-hybridized carbons (Fsp3) is 0.333. The fourth-order valence-electron chi connectivity index (χ4n) is 1.52. The van der Waals surface area contributed by atoms with E-state index in [-0.39, 0.29) is 0 Å². The van der Waals surface area contributed by atoms with Crippen LogP contribution in [-0.4, -0.2) is 9.97 Å². The summed E-state index contributed by atoms with van der Waals surface area (Å²) in [7, 11) is 0. The van der Waals surface area contributed by atoms with Gasteiger partial charge in [0.2, 0.25) is 0 Å². The number of halogens is 1. The van der Waals surface area contributed by atoms with Gasteiger partial charge in [-0.05, 0) is 25.0 Å². The van der Waals surface area contributed by atoms with E-state index in [1.54, 1.807) is 0 Å². The zero-order chi connectivity index (χ0) is 10.7. The Morgan fingerprint density at radius 2 is 1.80 bits per heavy atom. The third-order valence-corrected chi connectivity index (χ3v) is 2.66. The van der Waals surface area contributed by atoms with Crippen LogP contribution in [0.5, 0.6) is 0 Å². The minimum absolute atomic E-state index is 0.544. The predicted molar refractivity (Wildman–Crippen MR) is 63.2 cm³/mol. The van der Waals surface area contributed by atoms with Gasteiger partial charge in [0.15, 0.2) is 5.15 Å². The number of nitrogens with zero attached hydrogens (tertiary/aromatic N) is 2. The Hall–Kier alpha value is -1.15. The maximum absolute atomic E-state index is 6.07. The van der Waals surface area contributed by atoms with Crippen molar-refractivity contribution in [1.82, 2.24) is 9.97 Å². The molecular weight excluding hydrogens is 208 g/mol. The molecule has 2 aromatic rings. The van der Waals surface area contributed by atoms with Crippen LogP contribution >= 0.6 is 11.6 Å². The van der Waals surface area contributed by atoms with E-state index in [9.17, 15) is 0 Å². The lowest BCUT2D eigenvalue weighted by Crippen LogP contribution is -1.95. The number of para-hydroxylation sites is 2. The molecule has 2 nitrogen and oxygen atoms in total. The summed E-state index contributed by atoms with van der Waals surface area (Å²) in [6, 6.07) is 7.81. The van der Waals surface area contributed by atoms with Crippen LogP contribution in [0.3, 0.4) is 0 Å². The molecule has 0 aliphatic heterocycles. The molecule has 1 aromatic heterocycles. The molecule has 0 saturated heterocycles. The molecule has 0 N–H and O–H groups in total. The van der Waals surface area contributed by atoms with E-state index in [1.807, 2.05) is 24.3 Å². The maximum atomic E-state index is 6.07. The molecule has 15 heavy (non-hydrogen) atoms. The van der Waals surface area contributed by atoms with Crippen LogP contribution in [0.2, 0.25) is 5.15 Å². The minimum atomic E-state index is 0.544. The van der Waals surface area contributed by atoms with Crippen molar-refractivity contribution in [3.63, 3.8) is 0 Å². The average molecular weight is 221 g/mol. The highest BCUT2D eigenvalue weighted by atomic mass is 35.5. The van der Waals surface area contributed by atoms with E-state index in [0.717, 1.165) is 36.0 Å². The van der Waals surface area contributed by atoms with Crippen molar-refractivity contribution in [2.75, 3.05) is 0 Å². The largest absolute Gasteiger partial charge is 0.248 e. The molecule has 0 radical (unpaired) electrons. The summed E-state index contributed by atoms with van der Waals surface area (Å²) in [5, 5.41) is 0.544. The van der Waals surface area contributed by atoms with Crippen LogP contribution in [-0.2, 0) is 6.42 Å². The molecule has 0 spiro atoms. The van der Waals surface area contributed by atoms with Crippen molar-refractivity contribution in [3.8, 4) is 0 Å². The molecule has 3 heteroatoms. The molecule has 0 saturated carbocycles. The van der Waals surface area contributed by atoms with Gasteiger partial charge in [0.25, 0.3) is 0 Å². The zero-order valence-corrected chi connectivity index (χ0v) is 9.46. The Balaban J connectivity index is 2.43. The van der Waals surface area contributed by atoms with Crippen molar-refractivity contribution in [3.05, 3.63) is 35.1 Å². The molecular formula is C12H13ClN2. The lowest BCUT2D eigenvalue weighted by Gasteiger charge is -2.03. The molecule has 0 amide bonds. The Kier molecular flexibility index (Phi) is 3.17. The molecule has 0 unspecified atom stereocenters. The molecule has 78 valence electrons. The van der Waals surface area contributed by atoms with Crippen molar-refractivity contribution >= 4 is 22.6 Å². The van der Waals surface area contributed by atoms with E-state index >= 15 is 0 Å². The Morgan fingerprint density at radius 1 is 1.13 bits per heavy atom. The summed E-state index contributed by atoms with van der Waals surface area (Å²) in [6.45, 7) is 2.16. The highest BCUT2D eigenvalue weighted by Crippen LogP contribution is 2.18. The topological polar surface area (TPSA) is 25.8 Å². The number of fused-ring (bicyclic) bond motifs is 1. The van der Waals surface area contributed by atoms with Crippen molar-refractivity contribution in [2.24, 2.45) is 0 Å². The standard InChI is InChI=1S/C12H13ClN2/c1-2-3-6-11-12(13)15-10-8-5-4-7-9(10)14-11/h4-5,7-8H,2-3,6H2,1H3. The second-order valence-electron chi connectivity index (χ2n) is 3.55. The average Bonchev–Trinajstić information content (AvgIpc) is 2.26. The lowest BCUT2D eigenvalue weighted by molar-refractivity contribution is 0.776. The lowest BCUT2D eigenvalue weighted by atomic mass is 10.2. The highest BCUT2D eigenvalue weighted by Gasteiger charge is 2.05. The van der Waals surface area contributed by atoms with Gasteiger partial charge >= 0.3 is 0 Å². The number of benzene rings is 1. The first-order valence-electron chi connectivity index (χ1n) is 5.22. The number of aromatic nitrogens is 2. The first kappa shape index (κ1) is 10.4. The van der Waals surface area contributed by atoms with Gasteiger partial charge in [-0.1, -0.05) is 37.1 Å². The second-order valence-corrected chi connectivity index (χ2v) is 3.91. The Labute approximate surface area is 94.3 Å². The summed E-state index contributed by atoms with van der Waals surface area (Å²) in [4.78, 5) is 8.85. The molecule has 0 aliphatic rings. The van der Waals surface area contributed by atoms with Gasteiger partial charge < -0.3 is 0 Å². The van der Waals surface area contributed by atoms with Crippen molar-refractivity contribution < 1.29 is 0 Å². The molecule has 1 heterocycles. The summed E-state index contributed by atoms with van der Waals surface area (Å²) < 4.78 is 0. The predicted octanol–water partition coefficient (Wildman–Crippen LogP) is 3.63. The summed E-state index contributed by atoms with van der Waals surface area (Å²) >= 11 is 6.07. The van der Waals surface area contributed by atoms with Gasteiger partial charge in [-0.25, -0.2) is 9.97 Å². The van der Waals surface area contributed by atoms with Crippen LogP contribution in [0.25, 0.3) is 11.0 Å². The van der Waals surface area contributed by atoms with E-state index < -0.39 is 0 Å². The fourth-order valence-corrected chi connectivity index (χ4v) is 1.75. The quantitative estimate of drug-likeness (QED) is 0.790. The van der Waals surface area contributed by atoms with Gasteiger partial charge in [0, 0.05) is 0 Å². The summed E-state index contributed by atoms with van der Waals surface area (Å²) in [5.74, 6) is 0. The van der Waals surface area contributed by atoms with Gasteiger partial charge in [-0.3, -0.25) is 0 Å². The third-order valence-electron chi connectivity index (χ3n) is 2.36. The monoisotopic (exact) mass is 220 g/mol. The van der Waals surface area contributed by atoms with Crippen molar-refractivity contribution in [1.29, 1.82) is 0 Å². The maximum Gasteiger partial charge on any atom is 0.151 e. The van der Waals surface area contributed by atoms with E-state index in [0.29, 0.717) is 5.15 Å². The molecule has 0 bridgehead atoms.